The summed E-state index contributed by atoms with van der Waals surface area (Å²) in [6.45, 7) is 3.55. The first-order valence-electron chi connectivity index (χ1n) is 9.57. The Balaban J connectivity index is 1.60. The quantitative estimate of drug-likeness (QED) is 0.277. The SMILES string of the molecule is CN=C(NCCNC(=O)CC1CCCC1)NCC1(CCO)CCOC1. The summed E-state index contributed by atoms with van der Waals surface area (Å²) in [5.74, 6) is 1.45. The lowest BCUT2D eigenvalue weighted by Crippen LogP contribution is -2.46. The van der Waals surface area contributed by atoms with Crippen molar-refractivity contribution in [2.45, 2.75) is 44.9 Å². The van der Waals surface area contributed by atoms with E-state index >= 15 is 0 Å². The zero-order chi connectivity index (χ0) is 18.0. The van der Waals surface area contributed by atoms with E-state index < -0.39 is 0 Å². The highest BCUT2D eigenvalue weighted by Crippen LogP contribution is 2.31. The molecule has 1 unspecified atom stereocenters. The van der Waals surface area contributed by atoms with Crippen LogP contribution in [0.25, 0.3) is 0 Å². The summed E-state index contributed by atoms with van der Waals surface area (Å²) in [5, 5.41) is 18.8. The van der Waals surface area contributed by atoms with E-state index in [0.29, 0.717) is 38.0 Å². The lowest BCUT2D eigenvalue weighted by atomic mass is 9.84. The fraction of sp³-hybridized carbons (Fsp3) is 0.889. The van der Waals surface area contributed by atoms with Gasteiger partial charge in [-0.05, 0) is 31.6 Å². The molecule has 2 aliphatic rings. The van der Waals surface area contributed by atoms with Crippen LogP contribution in [-0.4, -0.2) is 63.5 Å². The van der Waals surface area contributed by atoms with Crippen molar-refractivity contribution in [1.29, 1.82) is 0 Å². The molecule has 144 valence electrons. The van der Waals surface area contributed by atoms with Gasteiger partial charge in [-0.1, -0.05) is 12.8 Å². The van der Waals surface area contributed by atoms with Crippen molar-refractivity contribution < 1.29 is 14.6 Å². The fourth-order valence-corrected chi connectivity index (χ4v) is 3.74. The van der Waals surface area contributed by atoms with Gasteiger partial charge in [-0.2, -0.15) is 0 Å². The first-order chi connectivity index (χ1) is 12.2. The second-order valence-electron chi connectivity index (χ2n) is 7.33. The van der Waals surface area contributed by atoms with Gasteiger partial charge in [0.25, 0.3) is 0 Å². The van der Waals surface area contributed by atoms with Gasteiger partial charge in [-0.3, -0.25) is 9.79 Å². The van der Waals surface area contributed by atoms with E-state index in [4.69, 9.17) is 4.74 Å². The Morgan fingerprint density at radius 3 is 2.64 bits per heavy atom. The molecule has 0 aromatic rings. The Morgan fingerprint density at radius 2 is 2.00 bits per heavy atom. The number of ether oxygens (including phenoxy) is 1. The van der Waals surface area contributed by atoms with Crippen LogP contribution in [0.1, 0.15) is 44.9 Å². The van der Waals surface area contributed by atoms with Gasteiger partial charge in [0, 0.05) is 51.7 Å². The second kappa shape index (κ2) is 10.6. The average Bonchev–Trinajstić information content (AvgIpc) is 3.27. The molecule has 1 amide bonds. The third kappa shape index (κ3) is 6.82. The van der Waals surface area contributed by atoms with Crippen LogP contribution in [0.4, 0.5) is 0 Å². The van der Waals surface area contributed by atoms with Gasteiger partial charge >= 0.3 is 0 Å². The zero-order valence-electron chi connectivity index (χ0n) is 15.5. The number of carbonyl (C=O) groups is 1. The minimum atomic E-state index is -0.0120. The number of guanidine groups is 1. The number of carbonyl (C=O) groups excluding carboxylic acids is 1. The average molecular weight is 354 g/mol. The number of aliphatic imine (C=N–C) groups is 1. The van der Waals surface area contributed by atoms with Gasteiger partial charge in [0.15, 0.2) is 5.96 Å². The van der Waals surface area contributed by atoms with Crippen LogP contribution < -0.4 is 16.0 Å². The molecular weight excluding hydrogens is 320 g/mol. The topological polar surface area (TPSA) is 95.0 Å². The number of hydrogen-bond acceptors (Lipinski definition) is 4. The standard InChI is InChI=1S/C18H34N4O3/c1-19-17(22-13-18(6-10-23)7-11-25-14-18)21-9-8-20-16(24)12-15-4-2-3-5-15/h15,23H,2-14H2,1H3,(H,20,24)(H2,19,21,22). The summed E-state index contributed by atoms with van der Waals surface area (Å²) in [7, 11) is 1.73. The van der Waals surface area contributed by atoms with Gasteiger partial charge in [-0.15, -0.1) is 0 Å². The summed E-state index contributed by atoms with van der Waals surface area (Å²) < 4.78 is 5.50. The molecule has 0 aromatic carbocycles. The Morgan fingerprint density at radius 1 is 1.24 bits per heavy atom. The number of hydrogen-bond donors (Lipinski definition) is 4. The molecule has 7 nitrogen and oxygen atoms in total. The summed E-state index contributed by atoms with van der Waals surface area (Å²) in [5.41, 5.74) is -0.0120. The van der Waals surface area contributed by atoms with Crippen LogP contribution in [0.15, 0.2) is 4.99 Å². The molecule has 1 saturated heterocycles. The van der Waals surface area contributed by atoms with Crippen molar-refractivity contribution in [2.24, 2.45) is 16.3 Å². The van der Waals surface area contributed by atoms with Crippen molar-refractivity contribution in [3.8, 4) is 0 Å². The van der Waals surface area contributed by atoms with Gasteiger partial charge in [-0.25, -0.2) is 0 Å². The number of aliphatic hydroxyl groups excluding tert-OH is 1. The first-order valence-corrected chi connectivity index (χ1v) is 9.57. The molecule has 1 atom stereocenters. The van der Waals surface area contributed by atoms with Crippen LogP contribution in [0.5, 0.6) is 0 Å². The third-order valence-corrected chi connectivity index (χ3v) is 5.37. The van der Waals surface area contributed by atoms with E-state index in [-0.39, 0.29) is 17.9 Å². The molecule has 1 heterocycles. The van der Waals surface area contributed by atoms with Crippen molar-refractivity contribution >= 4 is 11.9 Å². The fourth-order valence-electron chi connectivity index (χ4n) is 3.74. The van der Waals surface area contributed by atoms with Crippen molar-refractivity contribution in [3.63, 3.8) is 0 Å². The van der Waals surface area contributed by atoms with Crippen LogP contribution in [0, 0.1) is 11.3 Å². The molecule has 0 bridgehead atoms. The predicted molar refractivity (Wildman–Crippen MR) is 98.5 cm³/mol. The lowest BCUT2D eigenvalue weighted by Gasteiger charge is -2.27. The van der Waals surface area contributed by atoms with E-state index in [0.717, 1.165) is 26.0 Å². The zero-order valence-corrected chi connectivity index (χ0v) is 15.5. The molecule has 7 heteroatoms. The predicted octanol–water partition coefficient (Wildman–Crippen LogP) is 0.637. The summed E-state index contributed by atoms with van der Waals surface area (Å²) >= 11 is 0. The molecule has 1 saturated carbocycles. The van der Waals surface area contributed by atoms with Crippen LogP contribution >= 0.6 is 0 Å². The van der Waals surface area contributed by atoms with Crippen molar-refractivity contribution in [1.82, 2.24) is 16.0 Å². The second-order valence-corrected chi connectivity index (χ2v) is 7.33. The van der Waals surface area contributed by atoms with Gasteiger partial charge in [0.05, 0.1) is 6.61 Å². The van der Waals surface area contributed by atoms with E-state index in [2.05, 4.69) is 20.9 Å². The molecule has 0 spiro atoms. The molecule has 25 heavy (non-hydrogen) atoms. The molecule has 4 N–H and O–H groups in total. The highest BCUT2D eigenvalue weighted by molar-refractivity contribution is 5.80. The molecule has 2 rings (SSSR count). The Labute approximate surface area is 151 Å². The van der Waals surface area contributed by atoms with Crippen molar-refractivity contribution in [2.75, 3.05) is 46.5 Å². The van der Waals surface area contributed by atoms with Crippen LogP contribution in [0.2, 0.25) is 0 Å². The van der Waals surface area contributed by atoms with Crippen molar-refractivity contribution in [3.05, 3.63) is 0 Å². The molecule has 1 aliphatic heterocycles. The van der Waals surface area contributed by atoms with Crippen LogP contribution in [-0.2, 0) is 9.53 Å². The monoisotopic (exact) mass is 354 g/mol. The Hall–Kier alpha value is -1.34. The maximum absolute atomic E-state index is 11.9. The maximum atomic E-state index is 11.9. The summed E-state index contributed by atoms with van der Waals surface area (Å²) in [6.07, 6.45) is 7.28. The minimum absolute atomic E-state index is 0.0120. The molecule has 0 radical (unpaired) electrons. The maximum Gasteiger partial charge on any atom is 0.220 e. The van der Waals surface area contributed by atoms with Gasteiger partial charge in [0.2, 0.25) is 5.91 Å². The van der Waals surface area contributed by atoms with Gasteiger partial charge < -0.3 is 25.8 Å². The van der Waals surface area contributed by atoms with E-state index in [1.807, 2.05) is 0 Å². The highest BCUT2D eigenvalue weighted by atomic mass is 16.5. The Kier molecular flexibility index (Phi) is 8.48. The molecular formula is C18H34N4O3. The normalized spacial score (nSPS) is 24.5. The molecule has 0 aromatic heterocycles. The third-order valence-electron chi connectivity index (χ3n) is 5.37. The molecule has 1 aliphatic carbocycles. The van der Waals surface area contributed by atoms with Gasteiger partial charge in [0.1, 0.15) is 0 Å². The molecule has 2 fully saturated rings. The minimum Gasteiger partial charge on any atom is -0.396 e. The Bertz CT molecular complexity index is 430. The van der Waals surface area contributed by atoms with E-state index in [9.17, 15) is 9.90 Å². The largest absolute Gasteiger partial charge is 0.396 e. The lowest BCUT2D eigenvalue weighted by molar-refractivity contribution is -0.121. The van der Waals surface area contributed by atoms with Crippen LogP contribution in [0.3, 0.4) is 0 Å². The first kappa shape index (κ1) is 20.0. The van der Waals surface area contributed by atoms with E-state index in [1.54, 1.807) is 7.05 Å². The highest BCUT2D eigenvalue weighted by Gasteiger charge is 2.34. The van der Waals surface area contributed by atoms with E-state index in [1.165, 1.54) is 25.7 Å². The number of rotatable bonds is 9. The number of nitrogens with zero attached hydrogens (tertiary/aromatic N) is 1. The summed E-state index contributed by atoms with van der Waals surface area (Å²) in [4.78, 5) is 16.1. The number of nitrogens with one attached hydrogen (secondary N) is 3. The summed E-state index contributed by atoms with van der Waals surface area (Å²) in [6, 6.07) is 0. The smallest absolute Gasteiger partial charge is 0.220 e. The number of aliphatic hydroxyl groups is 1. The number of amides is 1.